The van der Waals surface area contributed by atoms with Crippen molar-refractivity contribution in [1.29, 1.82) is 0 Å². The molecule has 0 amide bonds. The number of hydrogen-bond acceptors (Lipinski definition) is 3. The van der Waals surface area contributed by atoms with E-state index in [-0.39, 0.29) is 11.8 Å². The van der Waals surface area contributed by atoms with Crippen molar-refractivity contribution in [3.8, 4) is 11.1 Å². The second kappa shape index (κ2) is 12.2. The van der Waals surface area contributed by atoms with Gasteiger partial charge in [-0.05, 0) is 42.9 Å². The van der Waals surface area contributed by atoms with Crippen LogP contribution in [0.1, 0.15) is 81.6 Å². The maximum Gasteiger partial charge on any atom is 0.306 e. The van der Waals surface area contributed by atoms with Crippen molar-refractivity contribution in [2.24, 2.45) is 0 Å². The highest BCUT2D eigenvalue weighted by Crippen LogP contribution is 2.22. The summed E-state index contributed by atoms with van der Waals surface area (Å²) < 4.78 is 5.26. The molecule has 0 aliphatic carbocycles. The van der Waals surface area contributed by atoms with Crippen molar-refractivity contribution in [3.05, 3.63) is 59.7 Å². The Morgan fingerprint density at radius 3 is 1.97 bits per heavy atom. The molecule has 0 N–H and O–H groups in total. The van der Waals surface area contributed by atoms with E-state index >= 15 is 0 Å². The van der Waals surface area contributed by atoms with Crippen LogP contribution in [-0.2, 0) is 16.0 Å². The van der Waals surface area contributed by atoms with E-state index in [2.05, 4.69) is 31.2 Å². The molecule has 3 nitrogen and oxygen atoms in total. The summed E-state index contributed by atoms with van der Waals surface area (Å²) in [5, 5.41) is 0. The van der Waals surface area contributed by atoms with Crippen LogP contribution in [0.3, 0.4) is 0 Å². The summed E-state index contributed by atoms with van der Waals surface area (Å²) in [5.74, 6) is -0.470. The van der Waals surface area contributed by atoms with Crippen LogP contribution in [-0.4, -0.2) is 17.9 Å². The molecule has 2 aromatic rings. The summed E-state index contributed by atoms with van der Waals surface area (Å²) in [6.07, 6.45) is 7.55. The highest BCUT2D eigenvalue weighted by Gasteiger charge is 2.19. The van der Waals surface area contributed by atoms with Gasteiger partial charge in [0.1, 0.15) is 0 Å². The van der Waals surface area contributed by atoms with E-state index in [9.17, 15) is 9.59 Å². The molecule has 156 valence electrons. The van der Waals surface area contributed by atoms with Crippen molar-refractivity contribution in [3.63, 3.8) is 0 Å². The molecule has 0 radical (unpaired) electrons. The normalized spacial score (nSPS) is 11.8. The Bertz CT molecular complexity index is 760. The lowest BCUT2D eigenvalue weighted by Crippen LogP contribution is -2.24. The van der Waals surface area contributed by atoms with Gasteiger partial charge in [0.15, 0.2) is 6.10 Å². The van der Waals surface area contributed by atoms with E-state index in [4.69, 9.17) is 4.74 Å². The molecule has 0 fully saturated rings. The SMILES string of the molecule is CCCCCCc1ccc(-c2ccc(C(=O)C(C)OC(=O)CCCC)cc2)cc1. The Morgan fingerprint density at radius 2 is 1.38 bits per heavy atom. The standard InChI is InChI=1S/C26H34O3/c1-4-6-8-9-10-21-12-14-22(15-13-21)23-16-18-24(19-17-23)26(28)20(3)29-25(27)11-7-5-2/h12-20H,4-11H2,1-3H3. The molecule has 1 unspecified atom stereocenters. The van der Waals surface area contributed by atoms with Gasteiger partial charge in [0, 0.05) is 12.0 Å². The number of hydrogen-bond donors (Lipinski definition) is 0. The topological polar surface area (TPSA) is 43.4 Å². The van der Waals surface area contributed by atoms with Crippen LogP contribution < -0.4 is 0 Å². The predicted octanol–water partition coefficient (Wildman–Crippen LogP) is 6.78. The molecule has 0 spiro atoms. The first-order valence-electron chi connectivity index (χ1n) is 11.0. The predicted molar refractivity (Wildman–Crippen MR) is 119 cm³/mol. The van der Waals surface area contributed by atoms with Gasteiger partial charge in [-0.25, -0.2) is 0 Å². The highest BCUT2D eigenvalue weighted by atomic mass is 16.5. The highest BCUT2D eigenvalue weighted by molar-refractivity contribution is 6.00. The number of benzene rings is 2. The molecule has 2 rings (SSSR count). The molecule has 2 aromatic carbocycles. The van der Waals surface area contributed by atoms with E-state index in [0.717, 1.165) is 30.4 Å². The van der Waals surface area contributed by atoms with Crippen molar-refractivity contribution in [1.82, 2.24) is 0 Å². The minimum atomic E-state index is -0.753. The monoisotopic (exact) mass is 394 g/mol. The third-order valence-electron chi connectivity index (χ3n) is 5.19. The first-order valence-corrected chi connectivity index (χ1v) is 11.0. The fraction of sp³-hybridized carbons (Fsp3) is 0.462. The van der Waals surface area contributed by atoms with Gasteiger partial charge in [0.25, 0.3) is 0 Å². The first-order chi connectivity index (χ1) is 14.0. The minimum absolute atomic E-state index is 0.163. The zero-order valence-electron chi connectivity index (χ0n) is 18.1. The van der Waals surface area contributed by atoms with Crippen LogP contribution in [0.15, 0.2) is 48.5 Å². The van der Waals surface area contributed by atoms with Crippen LogP contribution in [0.5, 0.6) is 0 Å². The van der Waals surface area contributed by atoms with Gasteiger partial charge in [0.2, 0.25) is 5.78 Å². The molecule has 29 heavy (non-hydrogen) atoms. The number of rotatable bonds is 12. The maximum atomic E-state index is 12.5. The second-order valence-electron chi connectivity index (χ2n) is 7.68. The van der Waals surface area contributed by atoms with Gasteiger partial charge in [0.05, 0.1) is 0 Å². The van der Waals surface area contributed by atoms with E-state index in [0.29, 0.717) is 12.0 Å². The van der Waals surface area contributed by atoms with Gasteiger partial charge in [-0.1, -0.05) is 88.1 Å². The summed E-state index contributed by atoms with van der Waals surface area (Å²) in [5.41, 5.74) is 4.15. The second-order valence-corrected chi connectivity index (χ2v) is 7.68. The van der Waals surface area contributed by atoms with Crippen LogP contribution in [0.4, 0.5) is 0 Å². The minimum Gasteiger partial charge on any atom is -0.454 e. The fourth-order valence-corrected chi connectivity index (χ4v) is 3.31. The Hall–Kier alpha value is -2.42. The molecular formula is C26H34O3. The fourth-order valence-electron chi connectivity index (χ4n) is 3.31. The number of ether oxygens (including phenoxy) is 1. The number of ketones is 1. The van der Waals surface area contributed by atoms with Crippen LogP contribution >= 0.6 is 0 Å². The van der Waals surface area contributed by atoms with Gasteiger partial charge >= 0.3 is 5.97 Å². The quantitative estimate of drug-likeness (QED) is 0.226. The summed E-state index contributed by atoms with van der Waals surface area (Å²) in [6, 6.07) is 16.2. The number of carbonyl (C=O) groups excluding carboxylic acids is 2. The number of unbranched alkanes of at least 4 members (excludes halogenated alkanes) is 4. The van der Waals surface area contributed by atoms with Gasteiger partial charge in [-0.15, -0.1) is 0 Å². The lowest BCUT2D eigenvalue weighted by molar-refractivity contribution is -0.146. The Labute approximate surface area is 175 Å². The summed E-state index contributed by atoms with van der Waals surface area (Å²) in [4.78, 5) is 24.3. The smallest absolute Gasteiger partial charge is 0.306 e. The molecule has 0 saturated carbocycles. The number of carbonyl (C=O) groups is 2. The van der Waals surface area contributed by atoms with Gasteiger partial charge in [-0.2, -0.15) is 0 Å². The third-order valence-corrected chi connectivity index (χ3v) is 5.19. The summed E-state index contributed by atoms with van der Waals surface area (Å²) in [6.45, 7) is 5.89. The molecule has 0 aromatic heterocycles. The average Bonchev–Trinajstić information content (AvgIpc) is 2.75. The molecule has 1 atom stereocenters. The van der Waals surface area contributed by atoms with E-state index < -0.39 is 6.10 Å². The maximum absolute atomic E-state index is 12.5. The van der Waals surface area contributed by atoms with Crippen LogP contribution in [0, 0.1) is 0 Å². The van der Waals surface area contributed by atoms with E-state index in [1.54, 1.807) is 6.92 Å². The zero-order valence-corrected chi connectivity index (χ0v) is 18.1. The van der Waals surface area contributed by atoms with Crippen LogP contribution in [0.2, 0.25) is 0 Å². The van der Waals surface area contributed by atoms with E-state index in [1.807, 2.05) is 31.2 Å². The lowest BCUT2D eigenvalue weighted by Gasteiger charge is -2.12. The largest absolute Gasteiger partial charge is 0.454 e. The average molecular weight is 395 g/mol. The van der Waals surface area contributed by atoms with E-state index in [1.165, 1.54) is 31.2 Å². The Morgan fingerprint density at radius 1 is 0.793 bits per heavy atom. The van der Waals surface area contributed by atoms with Gasteiger partial charge < -0.3 is 4.74 Å². The summed E-state index contributed by atoms with van der Waals surface area (Å²) in [7, 11) is 0. The van der Waals surface area contributed by atoms with Crippen molar-refractivity contribution < 1.29 is 14.3 Å². The zero-order chi connectivity index (χ0) is 21.1. The van der Waals surface area contributed by atoms with Gasteiger partial charge in [-0.3, -0.25) is 9.59 Å². The molecule has 0 saturated heterocycles. The molecule has 0 aliphatic rings. The number of esters is 1. The summed E-state index contributed by atoms with van der Waals surface area (Å²) >= 11 is 0. The molecule has 0 heterocycles. The Kier molecular flexibility index (Phi) is 9.63. The third kappa shape index (κ3) is 7.49. The lowest BCUT2D eigenvalue weighted by atomic mass is 9.99. The van der Waals surface area contributed by atoms with Crippen molar-refractivity contribution >= 4 is 11.8 Å². The molecule has 0 bridgehead atoms. The molecule has 0 aliphatic heterocycles. The number of Topliss-reactive ketones (excluding diaryl/α,β-unsaturated/α-hetero) is 1. The first kappa shape index (κ1) is 22.9. The van der Waals surface area contributed by atoms with Crippen molar-refractivity contribution in [2.75, 3.05) is 0 Å². The number of aryl methyl sites for hydroxylation is 1. The van der Waals surface area contributed by atoms with Crippen molar-refractivity contribution in [2.45, 2.75) is 78.2 Å². The van der Waals surface area contributed by atoms with Crippen LogP contribution in [0.25, 0.3) is 11.1 Å². The Balaban J connectivity index is 1.93. The molecule has 3 heteroatoms. The molecular weight excluding hydrogens is 360 g/mol.